The van der Waals surface area contributed by atoms with E-state index in [1.54, 1.807) is 13.2 Å². The van der Waals surface area contributed by atoms with Crippen molar-refractivity contribution in [2.45, 2.75) is 25.4 Å². The van der Waals surface area contributed by atoms with E-state index in [1.807, 2.05) is 12.1 Å². The normalized spacial score (nSPS) is 17.5. The number of hydrogen-bond acceptors (Lipinski definition) is 2. The highest BCUT2D eigenvalue weighted by atomic mass is 35.5. The monoisotopic (exact) mass is 226 g/mol. The average molecular weight is 227 g/mol. The van der Waals surface area contributed by atoms with Crippen LogP contribution in [0.1, 0.15) is 18.4 Å². The Balaban J connectivity index is 2.13. The van der Waals surface area contributed by atoms with Gasteiger partial charge in [0, 0.05) is 11.4 Å². The maximum atomic E-state index is 9.85. The summed E-state index contributed by atoms with van der Waals surface area (Å²) in [4.78, 5) is 0. The molecule has 0 saturated heterocycles. The van der Waals surface area contributed by atoms with E-state index < -0.39 is 0 Å². The lowest BCUT2D eigenvalue weighted by atomic mass is 10.0. The maximum Gasteiger partial charge on any atom is 0.122 e. The Bertz CT molecular complexity index is 347. The average Bonchev–Trinajstić information content (AvgIpc) is 3.01. The molecule has 1 aliphatic rings. The van der Waals surface area contributed by atoms with Gasteiger partial charge in [-0.3, -0.25) is 0 Å². The van der Waals surface area contributed by atoms with E-state index in [9.17, 15) is 5.11 Å². The second-order valence-electron chi connectivity index (χ2n) is 4.07. The summed E-state index contributed by atoms with van der Waals surface area (Å²) in [6.45, 7) is 0. The molecule has 1 unspecified atom stereocenters. The second kappa shape index (κ2) is 4.42. The van der Waals surface area contributed by atoms with Crippen LogP contribution in [0.5, 0.6) is 5.75 Å². The van der Waals surface area contributed by atoms with Crippen LogP contribution in [0.25, 0.3) is 0 Å². The molecule has 0 bridgehead atoms. The van der Waals surface area contributed by atoms with E-state index in [0.717, 1.165) is 24.2 Å². The van der Waals surface area contributed by atoms with Gasteiger partial charge >= 0.3 is 0 Å². The maximum absolute atomic E-state index is 9.85. The number of rotatable bonds is 4. The van der Waals surface area contributed by atoms with Gasteiger partial charge in [-0.15, -0.1) is 0 Å². The van der Waals surface area contributed by atoms with Crippen LogP contribution in [0.3, 0.4) is 0 Å². The first-order chi connectivity index (χ1) is 7.20. The topological polar surface area (TPSA) is 29.5 Å². The molecule has 1 atom stereocenters. The summed E-state index contributed by atoms with van der Waals surface area (Å²) >= 11 is 5.92. The van der Waals surface area contributed by atoms with Gasteiger partial charge in [0.1, 0.15) is 5.75 Å². The molecule has 1 aliphatic carbocycles. The van der Waals surface area contributed by atoms with Crippen LogP contribution >= 0.6 is 11.6 Å². The smallest absolute Gasteiger partial charge is 0.122 e. The fraction of sp³-hybridized carbons (Fsp3) is 0.500. The molecule has 0 radical (unpaired) electrons. The van der Waals surface area contributed by atoms with Gasteiger partial charge in [0.15, 0.2) is 0 Å². The summed E-state index contributed by atoms with van der Waals surface area (Å²) in [7, 11) is 1.64. The Labute approximate surface area is 94.8 Å². The standard InChI is InChI=1S/C12H15ClO2/c1-15-12-5-4-10(13)6-9(12)7-11(14)8-2-3-8/h4-6,8,11,14H,2-3,7H2,1H3. The lowest BCUT2D eigenvalue weighted by molar-refractivity contribution is 0.150. The van der Waals surface area contributed by atoms with Gasteiger partial charge in [0.25, 0.3) is 0 Å². The summed E-state index contributed by atoms with van der Waals surface area (Å²) in [6.07, 6.45) is 2.67. The molecule has 0 aliphatic heterocycles. The molecular weight excluding hydrogens is 212 g/mol. The highest BCUT2D eigenvalue weighted by molar-refractivity contribution is 6.30. The fourth-order valence-corrected chi connectivity index (χ4v) is 1.97. The van der Waals surface area contributed by atoms with E-state index in [4.69, 9.17) is 16.3 Å². The summed E-state index contributed by atoms with van der Waals surface area (Å²) < 4.78 is 5.23. The van der Waals surface area contributed by atoms with Gasteiger partial charge < -0.3 is 9.84 Å². The molecular formula is C12H15ClO2. The van der Waals surface area contributed by atoms with Crippen molar-refractivity contribution in [1.82, 2.24) is 0 Å². The summed E-state index contributed by atoms with van der Waals surface area (Å²) in [6, 6.07) is 5.51. The first kappa shape index (κ1) is 10.8. The molecule has 1 aromatic carbocycles. The molecule has 2 rings (SSSR count). The predicted molar refractivity (Wildman–Crippen MR) is 60.4 cm³/mol. The van der Waals surface area contributed by atoms with Crippen molar-refractivity contribution < 1.29 is 9.84 Å². The third-order valence-electron chi connectivity index (χ3n) is 2.84. The Morgan fingerprint density at radius 1 is 1.53 bits per heavy atom. The van der Waals surface area contributed by atoms with Crippen molar-refractivity contribution in [3.05, 3.63) is 28.8 Å². The van der Waals surface area contributed by atoms with Crippen LogP contribution in [-0.4, -0.2) is 18.3 Å². The molecule has 0 spiro atoms. The van der Waals surface area contributed by atoms with Crippen LogP contribution in [0.15, 0.2) is 18.2 Å². The van der Waals surface area contributed by atoms with Crippen LogP contribution in [-0.2, 0) is 6.42 Å². The third-order valence-corrected chi connectivity index (χ3v) is 3.07. The minimum absolute atomic E-state index is 0.252. The Kier molecular flexibility index (Phi) is 3.17. The van der Waals surface area contributed by atoms with Crippen LogP contribution in [0.4, 0.5) is 0 Å². The highest BCUT2D eigenvalue weighted by Gasteiger charge is 2.30. The second-order valence-corrected chi connectivity index (χ2v) is 4.50. The molecule has 2 nitrogen and oxygen atoms in total. The first-order valence-corrected chi connectivity index (χ1v) is 5.59. The van der Waals surface area contributed by atoms with E-state index >= 15 is 0 Å². The molecule has 0 amide bonds. The van der Waals surface area contributed by atoms with E-state index in [-0.39, 0.29) is 6.10 Å². The number of methoxy groups -OCH3 is 1. The first-order valence-electron chi connectivity index (χ1n) is 5.21. The van der Waals surface area contributed by atoms with Crippen molar-refractivity contribution in [1.29, 1.82) is 0 Å². The Hall–Kier alpha value is -0.730. The largest absolute Gasteiger partial charge is 0.496 e. The van der Waals surface area contributed by atoms with Gasteiger partial charge in [-0.25, -0.2) is 0 Å². The lowest BCUT2D eigenvalue weighted by Gasteiger charge is -2.12. The quantitative estimate of drug-likeness (QED) is 0.856. The minimum atomic E-state index is -0.252. The number of benzene rings is 1. The fourth-order valence-electron chi connectivity index (χ4n) is 1.78. The lowest BCUT2D eigenvalue weighted by Crippen LogP contribution is -2.13. The van der Waals surface area contributed by atoms with Gasteiger partial charge in [0.2, 0.25) is 0 Å². The molecule has 1 aromatic rings. The summed E-state index contributed by atoms with van der Waals surface area (Å²) in [5.74, 6) is 1.28. The number of aliphatic hydroxyl groups excluding tert-OH is 1. The zero-order valence-electron chi connectivity index (χ0n) is 8.74. The minimum Gasteiger partial charge on any atom is -0.496 e. The summed E-state index contributed by atoms with van der Waals surface area (Å²) in [5, 5.41) is 10.5. The number of ether oxygens (including phenoxy) is 1. The molecule has 1 N–H and O–H groups in total. The van der Waals surface area contributed by atoms with Crippen molar-refractivity contribution in [2.75, 3.05) is 7.11 Å². The Morgan fingerprint density at radius 2 is 2.27 bits per heavy atom. The highest BCUT2D eigenvalue weighted by Crippen LogP contribution is 2.35. The SMILES string of the molecule is COc1ccc(Cl)cc1CC(O)C1CC1. The van der Waals surface area contributed by atoms with E-state index in [1.165, 1.54) is 0 Å². The van der Waals surface area contributed by atoms with Gasteiger partial charge in [-0.2, -0.15) is 0 Å². The molecule has 1 saturated carbocycles. The zero-order chi connectivity index (χ0) is 10.8. The molecule has 1 fully saturated rings. The predicted octanol–water partition coefficient (Wildman–Crippen LogP) is 2.66. The van der Waals surface area contributed by atoms with Gasteiger partial charge in [-0.05, 0) is 42.5 Å². The van der Waals surface area contributed by atoms with Crippen molar-refractivity contribution in [3.8, 4) is 5.75 Å². The molecule has 15 heavy (non-hydrogen) atoms. The summed E-state index contributed by atoms with van der Waals surface area (Å²) in [5.41, 5.74) is 0.990. The Morgan fingerprint density at radius 3 is 2.87 bits per heavy atom. The van der Waals surface area contributed by atoms with Crippen LogP contribution < -0.4 is 4.74 Å². The third kappa shape index (κ3) is 2.64. The van der Waals surface area contributed by atoms with E-state index in [2.05, 4.69) is 0 Å². The molecule has 0 aromatic heterocycles. The van der Waals surface area contributed by atoms with E-state index in [0.29, 0.717) is 17.4 Å². The number of aliphatic hydroxyl groups is 1. The van der Waals surface area contributed by atoms with Crippen molar-refractivity contribution in [3.63, 3.8) is 0 Å². The molecule has 0 heterocycles. The van der Waals surface area contributed by atoms with Crippen LogP contribution in [0.2, 0.25) is 5.02 Å². The van der Waals surface area contributed by atoms with Crippen molar-refractivity contribution in [2.24, 2.45) is 5.92 Å². The van der Waals surface area contributed by atoms with Crippen LogP contribution in [0, 0.1) is 5.92 Å². The zero-order valence-corrected chi connectivity index (χ0v) is 9.50. The number of hydrogen-bond donors (Lipinski definition) is 1. The number of halogens is 1. The van der Waals surface area contributed by atoms with Gasteiger partial charge in [-0.1, -0.05) is 11.6 Å². The van der Waals surface area contributed by atoms with Gasteiger partial charge in [0.05, 0.1) is 13.2 Å². The molecule has 3 heteroatoms. The molecule has 82 valence electrons. The van der Waals surface area contributed by atoms with Crippen molar-refractivity contribution >= 4 is 11.6 Å².